The van der Waals surface area contributed by atoms with E-state index < -0.39 is 10.0 Å². The average molecular weight is 430 g/mol. The number of hydrogen-bond acceptors (Lipinski definition) is 7. The fourth-order valence-corrected chi connectivity index (χ4v) is 5.45. The van der Waals surface area contributed by atoms with Crippen molar-refractivity contribution >= 4 is 33.6 Å². The van der Waals surface area contributed by atoms with E-state index in [1.807, 2.05) is 0 Å². The molecule has 9 nitrogen and oxygen atoms in total. The van der Waals surface area contributed by atoms with Crippen LogP contribution >= 0.6 is 11.8 Å². The molecule has 2 aliphatic heterocycles. The summed E-state index contributed by atoms with van der Waals surface area (Å²) in [7, 11) is -0.778. The van der Waals surface area contributed by atoms with Crippen molar-refractivity contribution in [3.05, 3.63) is 18.2 Å². The standard InChI is InChI=1S/C17H23N3O6S2/c1-25-14-4-3-13(9-15(14)26-2)28(23,24)20-7-5-18(6-8-20)16(21)10-19-12-27-11-17(19)22/h3-4,9H,5-8,10-12H2,1-2H3. The minimum atomic E-state index is -3.71. The summed E-state index contributed by atoms with van der Waals surface area (Å²) < 4.78 is 37.5. The van der Waals surface area contributed by atoms with Crippen molar-refractivity contribution < 1.29 is 27.5 Å². The van der Waals surface area contributed by atoms with E-state index in [0.717, 1.165) is 0 Å². The van der Waals surface area contributed by atoms with Crippen LogP contribution in [0.15, 0.2) is 23.1 Å². The lowest BCUT2D eigenvalue weighted by Crippen LogP contribution is -2.52. The molecular formula is C17H23N3O6S2. The van der Waals surface area contributed by atoms with Crippen molar-refractivity contribution in [2.75, 3.05) is 58.6 Å². The molecule has 11 heteroatoms. The number of rotatable bonds is 6. The van der Waals surface area contributed by atoms with Crippen molar-refractivity contribution in [1.29, 1.82) is 0 Å². The van der Waals surface area contributed by atoms with E-state index in [2.05, 4.69) is 0 Å². The highest BCUT2D eigenvalue weighted by molar-refractivity contribution is 8.00. The molecule has 0 aromatic heterocycles. The Balaban J connectivity index is 1.63. The van der Waals surface area contributed by atoms with E-state index in [0.29, 0.717) is 36.2 Å². The van der Waals surface area contributed by atoms with Gasteiger partial charge in [0, 0.05) is 32.2 Å². The first-order chi connectivity index (χ1) is 13.4. The van der Waals surface area contributed by atoms with E-state index in [1.54, 1.807) is 11.0 Å². The van der Waals surface area contributed by atoms with Crippen LogP contribution in [-0.2, 0) is 19.6 Å². The van der Waals surface area contributed by atoms with Crippen molar-refractivity contribution in [1.82, 2.24) is 14.1 Å². The van der Waals surface area contributed by atoms with Crippen LogP contribution in [0.4, 0.5) is 0 Å². The van der Waals surface area contributed by atoms with Crippen LogP contribution < -0.4 is 9.47 Å². The number of methoxy groups -OCH3 is 2. The maximum absolute atomic E-state index is 12.9. The fourth-order valence-electron chi connectivity index (χ4n) is 3.11. The minimum Gasteiger partial charge on any atom is -0.493 e. The number of nitrogens with zero attached hydrogens (tertiary/aromatic N) is 3. The number of carbonyl (C=O) groups is 2. The number of thioether (sulfide) groups is 1. The maximum atomic E-state index is 12.9. The van der Waals surface area contributed by atoms with Crippen LogP contribution in [0.5, 0.6) is 11.5 Å². The lowest BCUT2D eigenvalue weighted by molar-refractivity contribution is -0.138. The molecule has 3 rings (SSSR count). The average Bonchev–Trinajstić information content (AvgIpc) is 3.11. The normalized spacial score (nSPS) is 18.4. The molecule has 2 saturated heterocycles. The lowest BCUT2D eigenvalue weighted by Gasteiger charge is -2.34. The highest BCUT2D eigenvalue weighted by atomic mass is 32.2. The Bertz CT molecular complexity index is 852. The number of sulfonamides is 1. The van der Waals surface area contributed by atoms with Gasteiger partial charge in [-0.1, -0.05) is 0 Å². The Morgan fingerprint density at radius 2 is 1.79 bits per heavy atom. The number of carbonyl (C=O) groups excluding carboxylic acids is 2. The van der Waals surface area contributed by atoms with E-state index >= 15 is 0 Å². The summed E-state index contributed by atoms with van der Waals surface area (Å²) >= 11 is 1.48. The molecule has 0 bridgehead atoms. The molecule has 0 N–H and O–H groups in total. The van der Waals surface area contributed by atoms with Crippen molar-refractivity contribution in [2.45, 2.75) is 4.90 Å². The zero-order valence-corrected chi connectivity index (χ0v) is 17.4. The second-order valence-electron chi connectivity index (χ2n) is 6.37. The van der Waals surface area contributed by atoms with Gasteiger partial charge < -0.3 is 19.3 Å². The highest BCUT2D eigenvalue weighted by Crippen LogP contribution is 2.30. The Hall–Kier alpha value is -1.98. The number of hydrogen-bond donors (Lipinski definition) is 0. The SMILES string of the molecule is COc1ccc(S(=O)(=O)N2CCN(C(=O)CN3CSCC3=O)CC2)cc1OC. The lowest BCUT2D eigenvalue weighted by atomic mass is 10.3. The minimum absolute atomic E-state index is 0.0342. The Morgan fingerprint density at radius 1 is 1.11 bits per heavy atom. The van der Waals surface area contributed by atoms with E-state index in [1.165, 1.54) is 47.3 Å². The molecule has 0 saturated carbocycles. The zero-order valence-electron chi connectivity index (χ0n) is 15.8. The number of piperazine rings is 1. The monoisotopic (exact) mass is 429 g/mol. The predicted octanol–water partition coefficient (Wildman–Crippen LogP) is 0.0696. The third-order valence-corrected chi connectivity index (χ3v) is 7.58. The van der Waals surface area contributed by atoms with Gasteiger partial charge in [-0.15, -0.1) is 11.8 Å². The fraction of sp³-hybridized carbons (Fsp3) is 0.529. The van der Waals surface area contributed by atoms with Crippen LogP contribution in [0.25, 0.3) is 0 Å². The van der Waals surface area contributed by atoms with Crippen LogP contribution in [0.1, 0.15) is 0 Å². The molecule has 0 atom stereocenters. The van der Waals surface area contributed by atoms with Crippen LogP contribution in [0.2, 0.25) is 0 Å². The second kappa shape index (κ2) is 8.58. The Labute approximate surface area is 168 Å². The van der Waals surface area contributed by atoms with Gasteiger partial charge in [-0.2, -0.15) is 4.31 Å². The molecule has 2 aliphatic rings. The Kier molecular flexibility index (Phi) is 6.36. The van der Waals surface area contributed by atoms with Crippen molar-refractivity contribution in [2.24, 2.45) is 0 Å². The molecule has 0 unspecified atom stereocenters. The molecular weight excluding hydrogens is 406 g/mol. The van der Waals surface area contributed by atoms with E-state index in [4.69, 9.17) is 9.47 Å². The van der Waals surface area contributed by atoms with Crippen LogP contribution in [0, 0.1) is 0 Å². The van der Waals surface area contributed by atoms with Gasteiger partial charge in [-0.25, -0.2) is 8.42 Å². The molecule has 154 valence electrons. The Morgan fingerprint density at radius 3 is 2.36 bits per heavy atom. The predicted molar refractivity (Wildman–Crippen MR) is 104 cm³/mol. The summed E-state index contributed by atoms with van der Waals surface area (Å²) in [6, 6.07) is 4.46. The molecule has 0 radical (unpaired) electrons. The first kappa shape index (κ1) is 20.7. The molecule has 2 heterocycles. The van der Waals surface area contributed by atoms with Gasteiger partial charge in [-0.05, 0) is 12.1 Å². The summed E-state index contributed by atoms with van der Waals surface area (Å²) in [5.74, 6) is 1.53. The molecule has 28 heavy (non-hydrogen) atoms. The van der Waals surface area contributed by atoms with Gasteiger partial charge in [0.15, 0.2) is 11.5 Å². The summed E-state index contributed by atoms with van der Waals surface area (Å²) in [5.41, 5.74) is 0. The third-order valence-electron chi connectivity index (χ3n) is 4.74. The molecule has 1 aromatic carbocycles. The second-order valence-corrected chi connectivity index (χ2v) is 9.26. The first-order valence-corrected chi connectivity index (χ1v) is 11.3. The topological polar surface area (TPSA) is 96.5 Å². The van der Waals surface area contributed by atoms with Gasteiger partial charge >= 0.3 is 0 Å². The third kappa shape index (κ3) is 4.20. The van der Waals surface area contributed by atoms with Gasteiger partial charge in [-0.3, -0.25) is 9.59 Å². The van der Waals surface area contributed by atoms with E-state index in [9.17, 15) is 18.0 Å². The van der Waals surface area contributed by atoms with Crippen molar-refractivity contribution in [3.63, 3.8) is 0 Å². The van der Waals surface area contributed by atoms with Gasteiger partial charge in [0.2, 0.25) is 21.8 Å². The first-order valence-electron chi connectivity index (χ1n) is 8.72. The summed E-state index contributed by atoms with van der Waals surface area (Å²) in [4.78, 5) is 27.3. The largest absolute Gasteiger partial charge is 0.493 e. The van der Waals surface area contributed by atoms with Gasteiger partial charge in [0.25, 0.3) is 0 Å². The smallest absolute Gasteiger partial charge is 0.243 e. The van der Waals surface area contributed by atoms with Gasteiger partial charge in [0.05, 0.1) is 30.7 Å². The molecule has 1 aromatic rings. The summed E-state index contributed by atoms with van der Waals surface area (Å²) in [6.45, 7) is 1.03. The molecule has 2 amide bonds. The number of amides is 2. The number of ether oxygens (including phenoxy) is 2. The highest BCUT2D eigenvalue weighted by Gasteiger charge is 2.32. The van der Waals surface area contributed by atoms with Gasteiger partial charge in [0.1, 0.15) is 6.54 Å². The molecule has 2 fully saturated rings. The van der Waals surface area contributed by atoms with E-state index in [-0.39, 0.29) is 36.3 Å². The van der Waals surface area contributed by atoms with Crippen LogP contribution in [-0.4, -0.2) is 92.9 Å². The zero-order chi connectivity index (χ0) is 20.3. The summed E-state index contributed by atoms with van der Waals surface area (Å²) in [5, 5.41) is 0. The summed E-state index contributed by atoms with van der Waals surface area (Å²) in [6.07, 6.45) is 0. The quantitative estimate of drug-likeness (QED) is 0.631. The maximum Gasteiger partial charge on any atom is 0.243 e. The van der Waals surface area contributed by atoms with Crippen LogP contribution in [0.3, 0.4) is 0 Å². The molecule has 0 aliphatic carbocycles. The van der Waals surface area contributed by atoms with Crippen molar-refractivity contribution in [3.8, 4) is 11.5 Å². The number of benzene rings is 1. The molecule has 0 spiro atoms.